The van der Waals surface area contributed by atoms with E-state index in [4.69, 9.17) is 11.6 Å². The van der Waals surface area contributed by atoms with E-state index in [1.807, 2.05) is 0 Å². The summed E-state index contributed by atoms with van der Waals surface area (Å²) in [6.07, 6.45) is 2.64. The Balaban J connectivity index is 1.92. The Morgan fingerprint density at radius 2 is 2.10 bits per heavy atom. The van der Waals surface area contributed by atoms with Crippen LogP contribution in [0.4, 0.5) is 20.4 Å². The van der Waals surface area contributed by atoms with Crippen molar-refractivity contribution in [3.8, 4) is 5.82 Å². The Morgan fingerprint density at radius 1 is 1.33 bits per heavy atom. The number of nitrogens with one attached hydrogen (secondary N) is 1. The molecule has 1 N–H and O–H groups in total. The lowest BCUT2D eigenvalue weighted by atomic mass is 10.2. The summed E-state index contributed by atoms with van der Waals surface area (Å²) in [7, 11) is 0. The van der Waals surface area contributed by atoms with Crippen molar-refractivity contribution in [1.29, 1.82) is 0 Å². The van der Waals surface area contributed by atoms with E-state index in [1.165, 1.54) is 17.7 Å². The largest absolute Gasteiger partial charge is 0.354 e. The van der Waals surface area contributed by atoms with Gasteiger partial charge in [-0.15, -0.1) is 5.10 Å². The van der Waals surface area contributed by atoms with Crippen molar-refractivity contribution in [1.82, 2.24) is 24.7 Å². The Kier molecular flexibility index (Phi) is 5.05. The molecule has 4 heterocycles. The summed E-state index contributed by atoms with van der Waals surface area (Å²) in [4.78, 5) is 25.5. The fraction of sp³-hybridized carbons (Fsp3) is 0.421. The van der Waals surface area contributed by atoms with Gasteiger partial charge in [-0.25, -0.2) is 19.6 Å². The molecule has 0 aliphatic carbocycles. The number of halogens is 3. The van der Waals surface area contributed by atoms with Gasteiger partial charge in [-0.3, -0.25) is 4.79 Å². The zero-order valence-corrected chi connectivity index (χ0v) is 17.4. The summed E-state index contributed by atoms with van der Waals surface area (Å²) in [5.74, 6) is -2.63. The average molecular weight is 436 g/mol. The first-order valence-corrected chi connectivity index (χ1v) is 9.84. The van der Waals surface area contributed by atoms with Crippen LogP contribution in [0.25, 0.3) is 16.7 Å². The number of alkyl halides is 2. The van der Waals surface area contributed by atoms with Gasteiger partial charge in [-0.2, -0.15) is 8.78 Å². The van der Waals surface area contributed by atoms with Crippen LogP contribution in [0.5, 0.6) is 0 Å². The third kappa shape index (κ3) is 3.91. The van der Waals surface area contributed by atoms with Gasteiger partial charge in [-0.1, -0.05) is 18.5 Å². The van der Waals surface area contributed by atoms with Crippen LogP contribution in [0.2, 0.25) is 5.15 Å². The number of rotatable bonds is 4. The lowest BCUT2D eigenvalue weighted by molar-refractivity contribution is -0.114. The molecule has 1 fully saturated rings. The smallest absolute Gasteiger partial charge is 0.303 e. The Labute approximate surface area is 176 Å². The van der Waals surface area contributed by atoms with Crippen molar-refractivity contribution < 1.29 is 13.6 Å². The van der Waals surface area contributed by atoms with E-state index in [1.54, 1.807) is 12.3 Å². The number of hydrogen-bond donors (Lipinski definition) is 1. The predicted octanol–water partition coefficient (Wildman–Crippen LogP) is 3.78. The maximum atomic E-state index is 13.9. The van der Waals surface area contributed by atoms with Crippen molar-refractivity contribution in [2.45, 2.75) is 33.1 Å². The minimum atomic E-state index is -3.27. The monoisotopic (exact) mass is 435 g/mol. The molecule has 3 aromatic heterocycles. The van der Waals surface area contributed by atoms with Gasteiger partial charge in [0.15, 0.2) is 11.6 Å². The molecule has 1 unspecified atom stereocenters. The zero-order chi connectivity index (χ0) is 21.6. The van der Waals surface area contributed by atoms with E-state index in [-0.39, 0.29) is 16.9 Å². The van der Waals surface area contributed by atoms with Gasteiger partial charge in [0.05, 0.1) is 10.9 Å². The molecule has 1 saturated heterocycles. The van der Waals surface area contributed by atoms with Crippen LogP contribution in [-0.2, 0) is 10.7 Å². The highest BCUT2D eigenvalue weighted by Gasteiger charge is 2.30. The molecule has 0 radical (unpaired) electrons. The van der Waals surface area contributed by atoms with Crippen LogP contribution in [0.1, 0.15) is 33.0 Å². The quantitative estimate of drug-likeness (QED) is 0.627. The number of pyridine rings is 1. The van der Waals surface area contributed by atoms with E-state index in [0.29, 0.717) is 30.0 Å². The second-order valence-electron chi connectivity index (χ2n) is 7.60. The summed E-state index contributed by atoms with van der Waals surface area (Å²) >= 11 is 6.00. The number of fused-ring (bicyclic) bond motifs is 1. The van der Waals surface area contributed by atoms with E-state index in [0.717, 1.165) is 24.9 Å². The summed E-state index contributed by atoms with van der Waals surface area (Å²) in [5, 5.41) is 7.88. The van der Waals surface area contributed by atoms with E-state index in [2.05, 4.69) is 37.2 Å². The van der Waals surface area contributed by atoms with Crippen LogP contribution in [0.15, 0.2) is 18.3 Å². The van der Waals surface area contributed by atoms with Crippen LogP contribution < -0.4 is 10.2 Å². The number of aromatic nitrogens is 5. The molecule has 0 aromatic carbocycles. The molecule has 0 saturated carbocycles. The predicted molar refractivity (Wildman–Crippen MR) is 109 cm³/mol. The Morgan fingerprint density at radius 3 is 2.73 bits per heavy atom. The topological polar surface area (TPSA) is 88.8 Å². The summed E-state index contributed by atoms with van der Waals surface area (Å²) in [6, 6.07) is 3.00. The zero-order valence-electron chi connectivity index (χ0n) is 16.7. The van der Waals surface area contributed by atoms with E-state index >= 15 is 0 Å². The van der Waals surface area contributed by atoms with Crippen LogP contribution in [0.3, 0.4) is 0 Å². The Bertz CT molecular complexity index is 1130. The van der Waals surface area contributed by atoms with E-state index < -0.39 is 11.7 Å². The highest BCUT2D eigenvalue weighted by Crippen LogP contribution is 2.33. The molecule has 3 aromatic rings. The molecule has 1 atom stereocenters. The maximum absolute atomic E-state index is 13.9. The van der Waals surface area contributed by atoms with Gasteiger partial charge in [0.2, 0.25) is 11.7 Å². The number of hydrogen-bond acceptors (Lipinski definition) is 6. The number of carbonyl (C=O) groups is 1. The molecule has 0 spiro atoms. The minimum Gasteiger partial charge on any atom is -0.354 e. The first-order chi connectivity index (χ1) is 14.1. The number of nitrogens with zero attached hydrogens (tertiary/aromatic N) is 6. The average Bonchev–Trinajstić information content (AvgIpc) is 3.23. The molecular formula is C19H20ClF2N7O. The lowest BCUT2D eigenvalue weighted by Crippen LogP contribution is -2.20. The molecule has 0 bridgehead atoms. The van der Waals surface area contributed by atoms with Crippen molar-refractivity contribution in [3.05, 3.63) is 29.3 Å². The molecule has 4 rings (SSSR count). The SMILES string of the molecule is CC(=O)Nc1cc2c(cn1)c(N1CCC(C)C1)nn2-c1cc(Cl)nc(C(C)(F)F)n1. The highest BCUT2D eigenvalue weighted by molar-refractivity contribution is 6.29. The summed E-state index contributed by atoms with van der Waals surface area (Å²) in [6.45, 7) is 5.89. The van der Waals surface area contributed by atoms with E-state index in [9.17, 15) is 13.6 Å². The highest BCUT2D eigenvalue weighted by atomic mass is 35.5. The molecular weight excluding hydrogens is 416 g/mol. The molecule has 1 aliphatic heterocycles. The molecule has 1 aliphatic rings. The number of anilines is 2. The maximum Gasteiger partial charge on any atom is 0.303 e. The minimum absolute atomic E-state index is 0.106. The van der Waals surface area contributed by atoms with Gasteiger partial charge in [0.25, 0.3) is 0 Å². The van der Waals surface area contributed by atoms with Crippen LogP contribution in [0, 0.1) is 5.92 Å². The summed E-state index contributed by atoms with van der Waals surface area (Å²) in [5.41, 5.74) is 0.559. The van der Waals surface area contributed by atoms with Gasteiger partial charge in [-0.05, 0) is 12.3 Å². The normalized spacial score (nSPS) is 17.0. The molecule has 1 amide bonds. The Hall–Kier alpha value is -2.88. The molecule has 11 heteroatoms. The van der Waals surface area contributed by atoms with Crippen LogP contribution in [-0.4, -0.2) is 43.7 Å². The van der Waals surface area contributed by atoms with Crippen molar-refractivity contribution in [2.75, 3.05) is 23.3 Å². The van der Waals surface area contributed by atoms with Crippen molar-refractivity contribution >= 4 is 40.0 Å². The lowest BCUT2D eigenvalue weighted by Gasteiger charge is -2.15. The first-order valence-electron chi connectivity index (χ1n) is 9.46. The third-order valence-electron chi connectivity index (χ3n) is 4.86. The molecule has 8 nitrogen and oxygen atoms in total. The van der Waals surface area contributed by atoms with Gasteiger partial charge >= 0.3 is 5.92 Å². The third-order valence-corrected chi connectivity index (χ3v) is 5.06. The second-order valence-corrected chi connectivity index (χ2v) is 7.99. The number of carbonyl (C=O) groups excluding carboxylic acids is 1. The fourth-order valence-corrected chi connectivity index (χ4v) is 3.67. The van der Waals surface area contributed by atoms with Gasteiger partial charge in [0.1, 0.15) is 11.0 Å². The first kappa shape index (κ1) is 20.4. The van der Waals surface area contributed by atoms with Crippen LogP contribution >= 0.6 is 11.6 Å². The van der Waals surface area contributed by atoms with Gasteiger partial charge in [0, 0.05) is 45.3 Å². The van der Waals surface area contributed by atoms with Crippen molar-refractivity contribution in [2.24, 2.45) is 5.92 Å². The molecule has 158 valence electrons. The molecule has 30 heavy (non-hydrogen) atoms. The second kappa shape index (κ2) is 7.42. The van der Waals surface area contributed by atoms with Gasteiger partial charge < -0.3 is 10.2 Å². The fourth-order valence-electron chi connectivity index (χ4n) is 3.49. The summed E-state index contributed by atoms with van der Waals surface area (Å²) < 4.78 is 29.2. The standard InChI is InChI=1S/C19H20ClF2N7O/c1-10-4-5-28(9-10)17-12-8-23-15(24-11(2)30)6-13(12)29(27-17)16-7-14(20)25-18(26-16)19(3,21)22/h6-8,10H,4-5,9H2,1-3H3,(H,23,24,30). The number of amides is 1. The van der Waals surface area contributed by atoms with Crippen molar-refractivity contribution in [3.63, 3.8) is 0 Å².